The van der Waals surface area contributed by atoms with Crippen molar-refractivity contribution in [2.45, 2.75) is 26.7 Å². The zero-order valence-corrected chi connectivity index (χ0v) is 14.0. The summed E-state index contributed by atoms with van der Waals surface area (Å²) in [6.07, 6.45) is 1.56. The van der Waals surface area contributed by atoms with Gasteiger partial charge < -0.3 is 14.2 Å². The van der Waals surface area contributed by atoms with Crippen LogP contribution in [0, 0.1) is 0 Å². The Morgan fingerprint density at radius 1 is 0.833 bits per heavy atom. The molecule has 0 aliphatic heterocycles. The summed E-state index contributed by atoms with van der Waals surface area (Å²) in [4.78, 5) is 22.4. The van der Waals surface area contributed by atoms with E-state index in [0.29, 0.717) is 0 Å². The molecular weight excluding hydrogens is 308 g/mol. The van der Waals surface area contributed by atoms with Crippen LogP contribution in [0.25, 0.3) is 0 Å². The van der Waals surface area contributed by atoms with Gasteiger partial charge in [0, 0.05) is 13.8 Å². The van der Waals surface area contributed by atoms with Crippen molar-refractivity contribution in [1.29, 1.82) is 0 Å². The molecule has 0 aliphatic rings. The van der Waals surface area contributed by atoms with Gasteiger partial charge in [0.15, 0.2) is 11.5 Å². The van der Waals surface area contributed by atoms with Gasteiger partial charge in [0.2, 0.25) is 0 Å². The van der Waals surface area contributed by atoms with Crippen molar-refractivity contribution in [2.75, 3.05) is 7.11 Å². The van der Waals surface area contributed by atoms with Crippen LogP contribution in [-0.4, -0.2) is 19.0 Å². The first-order valence-corrected chi connectivity index (χ1v) is 7.60. The number of aryl methyl sites for hydroxylation is 2. The third-order valence-electron chi connectivity index (χ3n) is 3.35. The van der Waals surface area contributed by atoms with Crippen molar-refractivity contribution < 1.29 is 23.8 Å². The second-order valence-electron chi connectivity index (χ2n) is 5.32. The summed E-state index contributed by atoms with van der Waals surface area (Å²) in [6.45, 7) is 2.61. The van der Waals surface area contributed by atoms with Crippen molar-refractivity contribution in [3.8, 4) is 17.2 Å². The first-order valence-electron chi connectivity index (χ1n) is 7.60. The summed E-state index contributed by atoms with van der Waals surface area (Å²) in [5.74, 6) is 0.378. The van der Waals surface area contributed by atoms with Crippen molar-refractivity contribution in [3.63, 3.8) is 0 Å². The van der Waals surface area contributed by atoms with Crippen LogP contribution < -0.4 is 14.2 Å². The number of ether oxygens (including phenoxy) is 3. The molecule has 0 amide bonds. The SMILES string of the molecule is COc1cccc(CCc2ccc(OC(C)=O)c(OC(C)=O)c2)c1. The highest BCUT2D eigenvalue weighted by atomic mass is 16.6. The molecule has 0 aromatic heterocycles. The lowest BCUT2D eigenvalue weighted by atomic mass is 10.0. The number of hydrogen-bond donors (Lipinski definition) is 0. The summed E-state index contributed by atoms with van der Waals surface area (Å²) in [5.41, 5.74) is 2.12. The van der Waals surface area contributed by atoms with E-state index < -0.39 is 11.9 Å². The molecule has 0 aliphatic carbocycles. The van der Waals surface area contributed by atoms with Gasteiger partial charge in [-0.1, -0.05) is 18.2 Å². The number of carbonyl (C=O) groups is 2. The van der Waals surface area contributed by atoms with E-state index in [-0.39, 0.29) is 11.5 Å². The second-order valence-corrected chi connectivity index (χ2v) is 5.32. The molecule has 126 valence electrons. The molecule has 2 aromatic rings. The van der Waals surface area contributed by atoms with Crippen molar-refractivity contribution in [2.24, 2.45) is 0 Å². The van der Waals surface area contributed by atoms with E-state index in [1.54, 1.807) is 19.2 Å². The maximum Gasteiger partial charge on any atom is 0.308 e. The van der Waals surface area contributed by atoms with Gasteiger partial charge in [-0.25, -0.2) is 0 Å². The Morgan fingerprint density at radius 2 is 1.46 bits per heavy atom. The minimum atomic E-state index is -0.465. The average Bonchev–Trinajstić information content (AvgIpc) is 2.54. The molecule has 2 rings (SSSR count). The zero-order chi connectivity index (χ0) is 17.5. The standard InChI is InChI=1S/C19H20O5/c1-13(20)23-18-10-9-16(12-19(18)24-14(2)21)8-7-15-5-4-6-17(11-15)22-3/h4-6,9-12H,7-8H2,1-3H3. The fourth-order valence-electron chi connectivity index (χ4n) is 2.30. The van der Waals surface area contributed by atoms with Crippen LogP contribution >= 0.6 is 0 Å². The molecule has 0 heterocycles. The predicted octanol–water partition coefficient (Wildman–Crippen LogP) is 3.33. The van der Waals surface area contributed by atoms with Gasteiger partial charge in [-0.2, -0.15) is 0 Å². The Hall–Kier alpha value is -2.82. The Bertz CT molecular complexity index is 736. The lowest BCUT2D eigenvalue weighted by molar-refractivity contribution is -0.134. The highest BCUT2D eigenvalue weighted by molar-refractivity contribution is 5.73. The van der Waals surface area contributed by atoms with Crippen molar-refractivity contribution >= 4 is 11.9 Å². The first-order chi connectivity index (χ1) is 11.5. The topological polar surface area (TPSA) is 61.8 Å². The minimum absolute atomic E-state index is 0.239. The summed E-state index contributed by atoms with van der Waals surface area (Å²) in [6, 6.07) is 13.1. The van der Waals surface area contributed by atoms with Gasteiger partial charge in [0.25, 0.3) is 0 Å². The number of rotatable bonds is 6. The summed E-state index contributed by atoms with van der Waals surface area (Å²) in [5, 5.41) is 0. The van der Waals surface area contributed by atoms with Crippen LogP contribution in [0.2, 0.25) is 0 Å². The predicted molar refractivity (Wildman–Crippen MR) is 89.5 cm³/mol. The van der Waals surface area contributed by atoms with E-state index in [1.165, 1.54) is 13.8 Å². The van der Waals surface area contributed by atoms with Gasteiger partial charge >= 0.3 is 11.9 Å². The molecule has 0 saturated carbocycles. The fraction of sp³-hybridized carbons (Fsp3) is 0.263. The molecule has 0 radical (unpaired) electrons. The zero-order valence-electron chi connectivity index (χ0n) is 14.0. The quantitative estimate of drug-likeness (QED) is 0.601. The molecule has 24 heavy (non-hydrogen) atoms. The molecule has 0 spiro atoms. The van der Waals surface area contributed by atoms with Crippen molar-refractivity contribution in [3.05, 3.63) is 53.6 Å². The number of benzene rings is 2. The molecule has 0 unspecified atom stereocenters. The number of methoxy groups -OCH3 is 1. The smallest absolute Gasteiger partial charge is 0.308 e. The lowest BCUT2D eigenvalue weighted by Gasteiger charge is -2.11. The summed E-state index contributed by atoms with van der Waals surface area (Å²) >= 11 is 0. The largest absolute Gasteiger partial charge is 0.497 e. The summed E-state index contributed by atoms with van der Waals surface area (Å²) < 4.78 is 15.4. The van der Waals surface area contributed by atoms with Crippen molar-refractivity contribution in [1.82, 2.24) is 0 Å². The average molecular weight is 328 g/mol. The molecule has 0 atom stereocenters. The van der Waals surface area contributed by atoms with Crippen LogP contribution in [0.3, 0.4) is 0 Å². The molecule has 2 aromatic carbocycles. The van der Waals surface area contributed by atoms with Crippen LogP contribution in [0.1, 0.15) is 25.0 Å². The normalized spacial score (nSPS) is 10.1. The van der Waals surface area contributed by atoms with Gasteiger partial charge in [-0.3, -0.25) is 9.59 Å². The second kappa shape index (κ2) is 8.15. The lowest BCUT2D eigenvalue weighted by Crippen LogP contribution is -2.07. The van der Waals surface area contributed by atoms with Crippen LogP contribution in [0.4, 0.5) is 0 Å². The first kappa shape index (κ1) is 17.5. The van der Waals surface area contributed by atoms with Crippen LogP contribution in [0.15, 0.2) is 42.5 Å². The molecule has 0 N–H and O–H groups in total. The van der Waals surface area contributed by atoms with Crippen LogP contribution in [-0.2, 0) is 22.4 Å². The highest BCUT2D eigenvalue weighted by Crippen LogP contribution is 2.29. The molecular formula is C19H20O5. The van der Waals surface area contributed by atoms with E-state index in [1.807, 2.05) is 30.3 Å². The molecule has 5 nitrogen and oxygen atoms in total. The monoisotopic (exact) mass is 328 g/mol. The molecule has 0 saturated heterocycles. The van der Waals surface area contributed by atoms with E-state index in [0.717, 1.165) is 29.7 Å². The van der Waals surface area contributed by atoms with Gasteiger partial charge in [0.05, 0.1) is 7.11 Å². The number of esters is 2. The van der Waals surface area contributed by atoms with Gasteiger partial charge in [-0.15, -0.1) is 0 Å². The summed E-state index contributed by atoms with van der Waals surface area (Å²) in [7, 11) is 1.64. The van der Waals surface area contributed by atoms with Crippen LogP contribution in [0.5, 0.6) is 17.2 Å². The maximum absolute atomic E-state index is 11.2. The van der Waals surface area contributed by atoms with E-state index in [4.69, 9.17) is 14.2 Å². The third-order valence-corrected chi connectivity index (χ3v) is 3.35. The van der Waals surface area contributed by atoms with E-state index >= 15 is 0 Å². The van der Waals surface area contributed by atoms with E-state index in [2.05, 4.69) is 0 Å². The Kier molecular flexibility index (Phi) is 5.95. The van der Waals surface area contributed by atoms with Gasteiger partial charge in [-0.05, 0) is 48.2 Å². The third kappa shape index (κ3) is 5.12. The maximum atomic E-state index is 11.2. The Balaban J connectivity index is 2.14. The molecule has 5 heteroatoms. The Morgan fingerprint density at radius 3 is 2.08 bits per heavy atom. The van der Waals surface area contributed by atoms with Gasteiger partial charge in [0.1, 0.15) is 5.75 Å². The fourth-order valence-corrected chi connectivity index (χ4v) is 2.30. The highest BCUT2D eigenvalue weighted by Gasteiger charge is 2.11. The number of hydrogen-bond acceptors (Lipinski definition) is 5. The number of carbonyl (C=O) groups excluding carboxylic acids is 2. The molecule has 0 bridgehead atoms. The van der Waals surface area contributed by atoms with E-state index in [9.17, 15) is 9.59 Å². The minimum Gasteiger partial charge on any atom is -0.497 e. The Labute approximate surface area is 141 Å². The molecule has 0 fully saturated rings.